The van der Waals surface area contributed by atoms with Crippen molar-refractivity contribution in [3.05, 3.63) is 47.1 Å². The Labute approximate surface area is 103 Å². The molecule has 2 aliphatic rings. The molecule has 0 nitrogen and oxygen atoms in total. The van der Waals surface area contributed by atoms with Gasteiger partial charge in [-0.2, -0.15) is 11.6 Å². The van der Waals surface area contributed by atoms with Crippen LogP contribution in [0.2, 0.25) is 0 Å². The molecule has 2 aliphatic carbocycles. The van der Waals surface area contributed by atoms with E-state index in [-0.39, 0.29) is 0 Å². The van der Waals surface area contributed by atoms with Crippen LogP contribution in [0.4, 0.5) is 0 Å². The second kappa shape index (κ2) is 6.13. The molecule has 2 rings (SSSR count). The molecular weight excluding hydrogens is 234 g/mol. The van der Waals surface area contributed by atoms with Gasteiger partial charge in [0.1, 0.15) is 0 Å². The van der Waals surface area contributed by atoms with Gasteiger partial charge in [-0.3, -0.25) is 6.08 Å². The zero-order valence-electron chi connectivity index (χ0n) is 9.93. The van der Waals surface area contributed by atoms with Crippen LogP contribution in [0.15, 0.2) is 41.0 Å². The number of rotatable bonds is 1. The van der Waals surface area contributed by atoms with Crippen LogP contribution in [-0.2, 0) is 17.9 Å². The first-order valence-corrected chi connectivity index (χ1v) is 6.85. The summed E-state index contributed by atoms with van der Waals surface area (Å²) in [7, 11) is 0. The molecule has 0 spiro atoms. The Morgan fingerprint density at radius 3 is 2.47 bits per heavy atom. The van der Waals surface area contributed by atoms with Crippen LogP contribution in [0.25, 0.3) is 0 Å². The van der Waals surface area contributed by atoms with Gasteiger partial charge in [-0.1, -0.05) is 25.2 Å². The molecular formula is C14H17Zn-. The maximum absolute atomic E-state index is 3.30. The minimum absolute atomic E-state index is 0.999. The molecule has 0 aromatic rings. The third-order valence-electron chi connectivity index (χ3n) is 2.19. The average molecular weight is 251 g/mol. The first-order chi connectivity index (χ1) is 7.11. The van der Waals surface area contributed by atoms with Gasteiger partial charge in [0, 0.05) is 0 Å². The van der Waals surface area contributed by atoms with Crippen molar-refractivity contribution < 1.29 is 17.9 Å². The topological polar surface area (TPSA) is 0 Å². The Balaban J connectivity index is 0.000000245. The average Bonchev–Trinajstić information content (AvgIpc) is 2.71. The third kappa shape index (κ3) is 4.22. The van der Waals surface area contributed by atoms with Gasteiger partial charge in [-0.15, -0.1) is 12.0 Å². The van der Waals surface area contributed by atoms with E-state index in [1.165, 1.54) is 34.6 Å². The van der Waals surface area contributed by atoms with Crippen LogP contribution in [0.3, 0.4) is 0 Å². The van der Waals surface area contributed by atoms with Crippen molar-refractivity contribution in [1.29, 1.82) is 0 Å². The Morgan fingerprint density at radius 1 is 1.40 bits per heavy atom. The molecule has 0 aromatic heterocycles. The molecule has 0 saturated carbocycles. The summed E-state index contributed by atoms with van der Waals surface area (Å²) in [6.07, 6.45) is 14.2. The fourth-order valence-corrected chi connectivity index (χ4v) is 1.57. The van der Waals surface area contributed by atoms with Crippen LogP contribution in [-0.4, -0.2) is 4.11 Å². The minimum atomic E-state index is 0.999. The summed E-state index contributed by atoms with van der Waals surface area (Å²) in [5.41, 5.74) is 4.18. The molecule has 76 valence electrons. The zero-order chi connectivity index (χ0) is 11.3. The number of allylic oxidation sites excluding steroid dienone is 8. The van der Waals surface area contributed by atoms with Gasteiger partial charge < -0.3 is 0 Å². The van der Waals surface area contributed by atoms with Gasteiger partial charge in [-0.05, 0) is 6.42 Å². The number of hydrogen-bond donors (Lipinski definition) is 0. The molecule has 0 bridgehead atoms. The second-order valence-electron chi connectivity index (χ2n) is 4.15. The molecule has 0 amide bonds. The molecule has 0 aliphatic heterocycles. The first kappa shape index (κ1) is 12.5. The SMILES string of the molecule is CC1=[C-]CC=C1C1=CC=CC1.C[C](C)=[Zn]. The van der Waals surface area contributed by atoms with Gasteiger partial charge in [0.2, 0.25) is 0 Å². The van der Waals surface area contributed by atoms with Crippen molar-refractivity contribution in [2.24, 2.45) is 0 Å². The van der Waals surface area contributed by atoms with Crippen LogP contribution >= 0.6 is 0 Å². The summed E-state index contributed by atoms with van der Waals surface area (Å²) >= 11 is 1.35. The van der Waals surface area contributed by atoms with Crippen LogP contribution in [0.5, 0.6) is 0 Å². The summed E-state index contributed by atoms with van der Waals surface area (Å²) in [5.74, 6) is 0. The van der Waals surface area contributed by atoms with E-state index in [1.807, 2.05) is 0 Å². The normalized spacial score (nSPS) is 17.8. The molecule has 0 N–H and O–H groups in total. The maximum atomic E-state index is 3.30. The van der Waals surface area contributed by atoms with E-state index in [0.29, 0.717) is 0 Å². The van der Waals surface area contributed by atoms with E-state index in [1.54, 1.807) is 4.11 Å². The standard InChI is InChI=1S/C11H11.C3H6.Zn/c1-9-5-4-8-11(9)10-6-2-3-7-10;1-3-2;/h2-3,6,8H,4,7H2,1H3;1-2H3;/q-1;;. The van der Waals surface area contributed by atoms with Crippen molar-refractivity contribution in [2.75, 3.05) is 0 Å². The Morgan fingerprint density at radius 2 is 2.07 bits per heavy atom. The van der Waals surface area contributed by atoms with E-state index < -0.39 is 0 Å². The summed E-state index contributed by atoms with van der Waals surface area (Å²) in [6.45, 7) is 6.41. The summed E-state index contributed by atoms with van der Waals surface area (Å²) in [6, 6.07) is 0. The molecule has 0 unspecified atom stereocenters. The molecule has 0 fully saturated rings. The zero-order valence-corrected chi connectivity index (χ0v) is 12.9. The van der Waals surface area contributed by atoms with Crippen molar-refractivity contribution in [3.8, 4) is 0 Å². The fourth-order valence-electron chi connectivity index (χ4n) is 1.57. The molecule has 0 radical (unpaired) electrons. The third-order valence-corrected chi connectivity index (χ3v) is 2.19. The Bertz CT molecular complexity index is 361. The van der Waals surface area contributed by atoms with Crippen LogP contribution in [0, 0.1) is 6.08 Å². The van der Waals surface area contributed by atoms with Gasteiger partial charge >= 0.3 is 35.8 Å². The van der Waals surface area contributed by atoms with E-state index in [4.69, 9.17) is 0 Å². The predicted molar refractivity (Wildman–Crippen MR) is 63.3 cm³/mol. The van der Waals surface area contributed by atoms with Crippen molar-refractivity contribution >= 4 is 4.11 Å². The van der Waals surface area contributed by atoms with Gasteiger partial charge in [0.15, 0.2) is 0 Å². The van der Waals surface area contributed by atoms with Gasteiger partial charge in [0.25, 0.3) is 0 Å². The summed E-state index contributed by atoms with van der Waals surface area (Å²) in [4.78, 5) is 0. The van der Waals surface area contributed by atoms with Crippen molar-refractivity contribution in [2.45, 2.75) is 33.6 Å². The van der Waals surface area contributed by atoms with E-state index in [0.717, 1.165) is 12.8 Å². The molecule has 15 heavy (non-hydrogen) atoms. The number of hydrogen-bond acceptors (Lipinski definition) is 0. The molecule has 1 heteroatoms. The van der Waals surface area contributed by atoms with E-state index >= 15 is 0 Å². The van der Waals surface area contributed by atoms with Gasteiger partial charge in [0.05, 0.1) is 0 Å². The Kier molecular flexibility index (Phi) is 5.12. The Hall–Kier alpha value is -0.547. The first-order valence-electron chi connectivity index (χ1n) is 5.37. The fraction of sp³-hybridized carbons (Fsp3) is 0.357. The molecule has 0 heterocycles. The molecule has 0 aromatic carbocycles. The van der Waals surface area contributed by atoms with E-state index in [9.17, 15) is 0 Å². The quantitative estimate of drug-likeness (QED) is 0.492. The second-order valence-corrected chi connectivity index (χ2v) is 7.12. The van der Waals surface area contributed by atoms with Crippen molar-refractivity contribution in [1.82, 2.24) is 0 Å². The monoisotopic (exact) mass is 249 g/mol. The predicted octanol–water partition coefficient (Wildman–Crippen LogP) is 3.70. The summed E-state index contributed by atoms with van der Waals surface area (Å²) in [5, 5.41) is 0. The molecule has 0 atom stereocenters. The van der Waals surface area contributed by atoms with Crippen molar-refractivity contribution in [3.63, 3.8) is 0 Å². The van der Waals surface area contributed by atoms with E-state index in [2.05, 4.69) is 51.2 Å². The summed E-state index contributed by atoms with van der Waals surface area (Å²) < 4.78 is 1.54. The van der Waals surface area contributed by atoms with Crippen LogP contribution < -0.4 is 0 Å². The molecule has 0 saturated heterocycles. The van der Waals surface area contributed by atoms with Gasteiger partial charge in [-0.25, -0.2) is 5.57 Å². The van der Waals surface area contributed by atoms with Crippen LogP contribution in [0.1, 0.15) is 33.6 Å².